The molecule has 0 unspecified atom stereocenters. The van der Waals surface area contributed by atoms with Gasteiger partial charge in [0.25, 0.3) is 5.91 Å². The number of hydrogen-bond acceptors (Lipinski definition) is 6. The van der Waals surface area contributed by atoms with Crippen molar-refractivity contribution < 1.29 is 9.53 Å². The predicted molar refractivity (Wildman–Crippen MR) is 95.7 cm³/mol. The van der Waals surface area contributed by atoms with Gasteiger partial charge in [-0.25, -0.2) is 0 Å². The van der Waals surface area contributed by atoms with Crippen LogP contribution in [0.3, 0.4) is 0 Å². The van der Waals surface area contributed by atoms with Crippen molar-refractivity contribution in [3.63, 3.8) is 0 Å². The number of thiazole rings is 1. The molecular formula is C16H16N4O2S2. The third-order valence-corrected chi connectivity index (χ3v) is 5.18. The zero-order valence-electron chi connectivity index (χ0n) is 13.4. The topological polar surface area (TPSA) is 69.4 Å². The van der Waals surface area contributed by atoms with Crippen LogP contribution in [-0.4, -0.2) is 26.7 Å². The van der Waals surface area contributed by atoms with Gasteiger partial charge in [0, 0.05) is 6.54 Å². The van der Waals surface area contributed by atoms with Gasteiger partial charge in [-0.1, -0.05) is 21.9 Å². The number of nitrogens with zero attached hydrogens (tertiary/aromatic N) is 4. The Kier molecular flexibility index (Phi) is 4.86. The Morgan fingerprint density at radius 2 is 2.33 bits per heavy atom. The van der Waals surface area contributed by atoms with Gasteiger partial charge >= 0.3 is 0 Å². The number of ether oxygens (including phenoxy) is 1. The van der Waals surface area contributed by atoms with E-state index in [9.17, 15) is 4.79 Å². The first kappa shape index (κ1) is 16.5. The maximum Gasteiger partial charge on any atom is 0.293 e. The van der Waals surface area contributed by atoms with E-state index in [1.807, 2.05) is 29.7 Å². The quantitative estimate of drug-likeness (QED) is 0.655. The number of aromatic nitrogens is 3. The van der Waals surface area contributed by atoms with Crippen LogP contribution in [0.15, 0.2) is 35.8 Å². The van der Waals surface area contributed by atoms with Gasteiger partial charge < -0.3 is 9.30 Å². The summed E-state index contributed by atoms with van der Waals surface area (Å²) in [5, 5.41) is 3.86. The second kappa shape index (κ2) is 7.06. The summed E-state index contributed by atoms with van der Waals surface area (Å²) in [5.41, 5.74) is 1.60. The minimum absolute atomic E-state index is 0.322. The first-order valence-corrected chi connectivity index (χ1v) is 8.98. The summed E-state index contributed by atoms with van der Waals surface area (Å²) in [7, 11) is 0. The molecule has 0 saturated heterocycles. The van der Waals surface area contributed by atoms with Crippen molar-refractivity contribution in [2.24, 2.45) is 4.99 Å². The lowest BCUT2D eigenvalue weighted by Gasteiger charge is -2.04. The molecule has 0 N–H and O–H groups in total. The molecule has 124 valence electrons. The number of carbonyl (C=O) groups excluding carboxylic acids is 1. The van der Waals surface area contributed by atoms with Gasteiger partial charge in [-0.05, 0) is 43.6 Å². The lowest BCUT2D eigenvalue weighted by Crippen LogP contribution is -2.16. The van der Waals surface area contributed by atoms with Gasteiger partial charge in [0.2, 0.25) is 0 Å². The minimum atomic E-state index is -0.322. The van der Waals surface area contributed by atoms with Gasteiger partial charge in [0.05, 0.1) is 22.5 Å². The van der Waals surface area contributed by atoms with Crippen LogP contribution in [-0.2, 0) is 6.54 Å². The average Bonchev–Trinajstić information content (AvgIpc) is 3.12. The first-order valence-electron chi connectivity index (χ1n) is 7.39. The van der Waals surface area contributed by atoms with E-state index in [0.29, 0.717) is 28.5 Å². The molecule has 3 rings (SSSR count). The van der Waals surface area contributed by atoms with Gasteiger partial charge in [-0.3, -0.25) is 4.79 Å². The molecule has 1 aromatic carbocycles. The van der Waals surface area contributed by atoms with E-state index in [1.54, 1.807) is 13.0 Å². The highest BCUT2D eigenvalue weighted by Crippen LogP contribution is 2.23. The molecule has 0 aliphatic heterocycles. The summed E-state index contributed by atoms with van der Waals surface area (Å²) in [6.07, 6.45) is 1.78. The second-order valence-corrected chi connectivity index (χ2v) is 6.71. The van der Waals surface area contributed by atoms with Crippen molar-refractivity contribution >= 4 is 39.0 Å². The fraction of sp³-hybridized carbons (Fsp3) is 0.250. The molecule has 0 saturated carbocycles. The molecule has 0 bridgehead atoms. The Balaban J connectivity index is 2.13. The van der Waals surface area contributed by atoms with Crippen LogP contribution in [0.1, 0.15) is 22.3 Å². The van der Waals surface area contributed by atoms with Gasteiger partial charge in [0.15, 0.2) is 4.80 Å². The lowest BCUT2D eigenvalue weighted by molar-refractivity contribution is 0.100. The molecule has 2 aromatic heterocycles. The number of carbonyl (C=O) groups is 1. The van der Waals surface area contributed by atoms with Gasteiger partial charge in [0.1, 0.15) is 10.6 Å². The number of amides is 1. The highest BCUT2D eigenvalue weighted by Gasteiger charge is 2.14. The molecular weight excluding hydrogens is 344 g/mol. The van der Waals surface area contributed by atoms with Crippen LogP contribution < -0.4 is 9.54 Å². The highest BCUT2D eigenvalue weighted by molar-refractivity contribution is 7.16. The molecule has 1 amide bonds. The number of hydrogen-bond donors (Lipinski definition) is 0. The Morgan fingerprint density at radius 3 is 3.00 bits per heavy atom. The summed E-state index contributed by atoms with van der Waals surface area (Å²) < 4.78 is 12.3. The summed E-state index contributed by atoms with van der Waals surface area (Å²) in [6, 6.07) is 5.86. The van der Waals surface area contributed by atoms with Crippen LogP contribution in [0.2, 0.25) is 0 Å². The maximum atomic E-state index is 12.4. The SMILES string of the molecule is C=CCn1c(=NC(=O)c2snnc2C)sc2cc(OCC)ccc21. The normalized spacial score (nSPS) is 11.8. The Bertz CT molecular complexity index is 968. The van der Waals surface area contributed by atoms with Crippen molar-refractivity contribution in [2.45, 2.75) is 20.4 Å². The minimum Gasteiger partial charge on any atom is -0.494 e. The maximum absolute atomic E-state index is 12.4. The molecule has 0 aliphatic rings. The summed E-state index contributed by atoms with van der Waals surface area (Å²) in [6.45, 7) is 8.66. The number of aryl methyl sites for hydroxylation is 1. The average molecular weight is 360 g/mol. The zero-order chi connectivity index (χ0) is 17.1. The van der Waals surface area contributed by atoms with Crippen molar-refractivity contribution in [3.05, 3.63) is 46.2 Å². The molecule has 24 heavy (non-hydrogen) atoms. The Morgan fingerprint density at radius 1 is 1.50 bits per heavy atom. The van der Waals surface area contributed by atoms with Crippen molar-refractivity contribution in [2.75, 3.05) is 6.61 Å². The van der Waals surface area contributed by atoms with E-state index in [2.05, 4.69) is 21.2 Å². The molecule has 8 heteroatoms. The number of benzene rings is 1. The van der Waals surface area contributed by atoms with Crippen LogP contribution in [0.5, 0.6) is 5.75 Å². The van der Waals surface area contributed by atoms with E-state index in [1.165, 1.54) is 11.3 Å². The largest absolute Gasteiger partial charge is 0.494 e. The molecule has 0 radical (unpaired) electrons. The summed E-state index contributed by atoms with van der Waals surface area (Å²) in [4.78, 5) is 17.8. The molecule has 0 atom stereocenters. The smallest absolute Gasteiger partial charge is 0.293 e. The van der Waals surface area contributed by atoms with E-state index >= 15 is 0 Å². The standard InChI is InChI=1S/C16H16N4O2S2/c1-4-8-20-12-7-6-11(22-5-2)9-13(12)23-16(20)17-15(21)14-10(3)18-19-24-14/h4,6-7,9H,1,5,8H2,2-3H3. The van der Waals surface area contributed by atoms with Crippen molar-refractivity contribution in [1.29, 1.82) is 0 Å². The fourth-order valence-electron chi connectivity index (χ4n) is 2.27. The predicted octanol–water partition coefficient (Wildman–Crippen LogP) is 3.19. The number of allylic oxidation sites excluding steroid dienone is 1. The van der Waals surface area contributed by atoms with Crippen molar-refractivity contribution in [3.8, 4) is 5.75 Å². The Labute approximate surface area is 146 Å². The lowest BCUT2D eigenvalue weighted by atomic mass is 10.3. The zero-order valence-corrected chi connectivity index (χ0v) is 15.0. The van der Waals surface area contributed by atoms with Crippen LogP contribution >= 0.6 is 22.9 Å². The van der Waals surface area contributed by atoms with Crippen LogP contribution in [0, 0.1) is 6.92 Å². The number of fused-ring (bicyclic) bond motifs is 1. The molecule has 2 heterocycles. The molecule has 0 aliphatic carbocycles. The fourth-order valence-corrected chi connectivity index (χ4v) is 3.87. The second-order valence-electron chi connectivity index (χ2n) is 4.95. The van der Waals surface area contributed by atoms with E-state index in [-0.39, 0.29) is 5.91 Å². The van der Waals surface area contributed by atoms with Crippen molar-refractivity contribution in [1.82, 2.24) is 14.2 Å². The molecule has 0 spiro atoms. The third-order valence-electron chi connectivity index (χ3n) is 3.32. The van der Waals surface area contributed by atoms with Gasteiger partial charge in [-0.15, -0.1) is 11.7 Å². The van der Waals surface area contributed by atoms with Crippen LogP contribution in [0.25, 0.3) is 10.2 Å². The number of rotatable bonds is 5. The highest BCUT2D eigenvalue weighted by atomic mass is 32.1. The van der Waals surface area contributed by atoms with Crippen LogP contribution in [0.4, 0.5) is 0 Å². The third kappa shape index (κ3) is 3.15. The molecule has 3 aromatic rings. The Hall–Kier alpha value is -2.32. The first-order chi connectivity index (χ1) is 11.6. The summed E-state index contributed by atoms with van der Waals surface area (Å²) in [5.74, 6) is 0.481. The monoisotopic (exact) mass is 360 g/mol. The van der Waals surface area contributed by atoms with E-state index in [4.69, 9.17) is 4.74 Å². The summed E-state index contributed by atoms with van der Waals surface area (Å²) >= 11 is 2.51. The molecule has 0 fully saturated rings. The van der Waals surface area contributed by atoms with Gasteiger partial charge in [-0.2, -0.15) is 4.99 Å². The van der Waals surface area contributed by atoms with E-state index < -0.39 is 0 Å². The van der Waals surface area contributed by atoms with E-state index in [0.717, 1.165) is 27.5 Å². The molecule has 6 nitrogen and oxygen atoms in total.